The zero-order valence-corrected chi connectivity index (χ0v) is 12.9. The van der Waals surface area contributed by atoms with Crippen molar-refractivity contribution in [2.45, 2.75) is 31.2 Å². The van der Waals surface area contributed by atoms with Crippen LogP contribution in [-0.4, -0.2) is 25.9 Å². The molecular weight excluding hydrogens is 272 g/mol. The number of carbonyl (C=O) groups is 1. The van der Waals surface area contributed by atoms with E-state index in [0.29, 0.717) is 0 Å². The van der Waals surface area contributed by atoms with Crippen LogP contribution in [0.4, 0.5) is 5.69 Å². The van der Waals surface area contributed by atoms with Gasteiger partial charge in [0.1, 0.15) is 5.82 Å². The van der Waals surface area contributed by atoms with E-state index in [4.69, 9.17) is 0 Å². The van der Waals surface area contributed by atoms with Gasteiger partial charge >= 0.3 is 0 Å². The van der Waals surface area contributed by atoms with E-state index >= 15 is 0 Å². The van der Waals surface area contributed by atoms with Crippen LogP contribution in [0.3, 0.4) is 0 Å². The highest BCUT2D eigenvalue weighted by molar-refractivity contribution is 8.00. The van der Waals surface area contributed by atoms with Gasteiger partial charge in [0.05, 0.1) is 5.25 Å². The fraction of sp³-hybridized carbons (Fsp3) is 0.357. The van der Waals surface area contributed by atoms with Gasteiger partial charge < -0.3 is 9.88 Å². The third-order valence-corrected chi connectivity index (χ3v) is 4.12. The number of benzene rings is 1. The Morgan fingerprint density at radius 1 is 1.35 bits per heavy atom. The van der Waals surface area contributed by atoms with Gasteiger partial charge in [-0.2, -0.15) is 0 Å². The largest absolute Gasteiger partial charge is 0.325 e. The lowest BCUT2D eigenvalue weighted by molar-refractivity contribution is -0.115. The molecular formula is C14H18N4OS. The topological polar surface area (TPSA) is 59.8 Å². The summed E-state index contributed by atoms with van der Waals surface area (Å²) in [4.78, 5) is 12.2. The van der Waals surface area contributed by atoms with E-state index in [1.807, 2.05) is 56.7 Å². The average Bonchev–Trinajstić information content (AvgIpc) is 2.70. The SMILES string of the molecule is Cc1cccc(NC(=O)[C@H](C)Sc2nnc(C)n2C)c1. The highest BCUT2D eigenvalue weighted by atomic mass is 32.2. The summed E-state index contributed by atoms with van der Waals surface area (Å²) in [5, 5.41) is 11.5. The molecule has 0 fully saturated rings. The molecule has 0 spiro atoms. The van der Waals surface area contributed by atoms with Crippen molar-refractivity contribution >= 4 is 23.4 Å². The van der Waals surface area contributed by atoms with Gasteiger partial charge in [0.2, 0.25) is 5.91 Å². The first-order valence-electron chi connectivity index (χ1n) is 6.37. The standard InChI is InChI=1S/C14H18N4OS/c1-9-6-5-7-12(8-9)15-13(19)10(2)20-14-17-16-11(3)18(14)4/h5-8,10H,1-4H3,(H,15,19)/t10-/m0/s1. The zero-order valence-electron chi connectivity index (χ0n) is 12.0. The summed E-state index contributed by atoms with van der Waals surface area (Å²) in [6, 6.07) is 7.75. The van der Waals surface area contributed by atoms with E-state index in [9.17, 15) is 4.79 Å². The van der Waals surface area contributed by atoms with Gasteiger partial charge in [0.25, 0.3) is 0 Å². The second-order valence-corrected chi connectivity index (χ2v) is 6.02. The van der Waals surface area contributed by atoms with Crippen molar-refractivity contribution in [3.05, 3.63) is 35.7 Å². The smallest absolute Gasteiger partial charge is 0.237 e. The van der Waals surface area contributed by atoms with Crippen LogP contribution in [0.25, 0.3) is 0 Å². The number of aryl methyl sites for hydroxylation is 2. The van der Waals surface area contributed by atoms with Crippen molar-refractivity contribution < 1.29 is 4.79 Å². The van der Waals surface area contributed by atoms with Crippen LogP contribution in [-0.2, 0) is 11.8 Å². The molecule has 1 aromatic carbocycles. The lowest BCUT2D eigenvalue weighted by Crippen LogP contribution is -2.22. The number of nitrogens with zero attached hydrogens (tertiary/aromatic N) is 3. The van der Waals surface area contributed by atoms with Crippen LogP contribution in [0.15, 0.2) is 29.4 Å². The second kappa shape index (κ2) is 6.09. The number of aromatic nitrogens is 3. The minimum absolute atomic E-state index is 0.0405. The van der Waals surface area contributed by atoms with Crippen molar-refractivity contribution in [3.63, 3.8) is 0 Å². The van der Waals surface area contributed by atoms with Crippen molar-refractivity contribution in [1.82, 2.24) is 14.8 Å². The van der Waals surface area contributed by atoms with Crippen LogP contribution < -0.4 is 5.32 Å². The van der Waals surface area contributed by atoms with Crippen molar-refractivity contribution in [1.29, 1.82) is 0 Å². The molecule has 6 heteroatoms. The van der Waals surface area contributed by atoms with Gasteiger partial charge in [0, 0.05) is 12.7 Å². The van der Waals surface area contributed by atoms with Crippen LogP contribution in [0.2, 0.25) is 0 Å². The Morgan fingerprint density at radius 2 is 2.10 bits per heavy atom. The molecule has 0 bridgehead atoms. The molecule has 0 saturated carbocycles. The average molecular weight is 290 g/mol. The number of amides is 1. The summed E-state index contributed by atoms with van der Waals surface area (Å²) in [7, 11) is 1.89. The van der Waals surface area contributed by atoms with E-state index in [1.54, 1.807) is 0 Å². The minimum atomic E-state index is -0.238. The first-order valence-corrected chi connectivity index (χ1v) is 7.25. The maximum Gasteiger partial charge on any atom is 0.237 e. The molecule has 2 rings (SSSR count). The van der Waals surface area contributed by atoms with Gasteiger partial charge in [0.15, 0.2) is 5.16 Å². The molecule has 1 atom stereocenters. The lowest BCUT2D eigenvalue weighted by Gasteiger charge is -2.11. The molecule has 0 unspecified atom stereocenters. The van der Waals surface area contributed by atoms with Crippen LogP contribution in [0.1, 0.15) is 18.3 Å². The summed E-state index contributed by atoms with van der Waals surface area (Å²) in [5.41, 5.74) is 1.93. The third kappa shape index (κ3) is 3.39. The molecule has 1 amide bonds. The van der Waals surface area contributed by atoms with Crippen LogP contribution >= 0.6 is 11.8 Å². The summed E-state index contributed by atoms with van der Waals surface area (Å²) in [6.45, 7) is 5.74. The molecule has 20 heavy (non-hydrogen) atoms. The predicted octanol–water partition coefficient (Wildman–Crippen LogP) is 2.55. The van der Waals surface area contributed by atoms with E-state index in [0.717, 1.165) is 22.2 Å². The van der Waals surface area contributed by atoms with Crippen molar-refractivity contribution in [3.8, 4) is 0 Å². The maximum atomic E-state index is 12.2. The third-order valence-electron chi connectivity index (χ3n) is 2.99. The van der Waals surface area contributed by atoms with E-state index in [-0.39, 0.29) is 11.2 Å². The van der Waals surface area contributed by atoms with Gasteiger partial charge in [-0.15, -0.1) is 10.2 Å². The second-order valence-electron chi connectivity index (χ2n) is 4.71. The lowest BCUT2D eigenvalue weighted by atomic mass is 10.2. The Labute approximate surface area is 122 Å². The van der Waals surface area contributed by atoms with Gasteiger partial charge in [-0.3, -0.25) is 4.79 Å². The van der Waals surface area contributed by atoms with Crippen LogP contribution in [0, 0.1) is 13.8 Å². The van der Waals surface area contributed by atoms with E-state index in [2.05, 4.69) is 15.5 Å². The Kier molecular flexibility index (Phi) is 4.44. The number of rotatable bonds is 4. The molecule has 106 valence electrons. The Hall–Kier alpha value is -1.82. The molecule has 0 aliphatic rings. The monoisotopic (exact) mass is 290 g/mol. The number of hydrogen-bond donors (Lipinski definition) is 1. The van der Waals surface area contributed by atoms with E-state index in [1.165, 1.54) is 11.8 Å². The molecule has 5 nitrogen and oxygen atoms in total. The first kappa shape index (κ1) is 14.6. The molecule has 0 aliphatic carbocycles. The molecule has 0 radical (unpaired) electrons. The minimum Gasteiger partial charge on any atom is -0.325 e. The number of nitrogens with one attached hydrogen (secondary N) is 1. The van der Waals surface area contributed by atoms with Gasteiger partial charge in [-0.05, 0) is 38.5 Å². The van der Waals surface area contributed by atoms with Crippen molar-refractivity contribution in [2.75, 3.05) is 5.32 Å². The predicted molar refractivity (Wildman–Crippen MR) is 80.9 cm³/mol. The maximum absolute atomic E-state index is 12.2. The number of anilines is 1. The molecule has 0 saturated heterocycles. The zero-order chi connectivity index (χ0) is 14.7. The first-order chi connectivity index (χ1) is 9.47. The summed E-state index contributed by atoms with van der Waals surface area (Å²) in [5.74, 6) is 0.792. The number of hydrogen-bond acceptors (Lipinski definition) is 4. The van der Waals surface area contributed by atoms with Gasteiger partial charge in [-0.25, -0.2) is 0 Å². The molecule has 0 aliphatic heterocycles. The highest BCUT2D eigenvalue weighted by Gasteiger charge is 2.18. The molecule has 1 heterocycles. The summed E-state index contributed by atoms with van der Waals surface area (Å²) < 4.78 is 1.88. The fourth-order valence-electron chi connectivity index (χ4n) is 1.67. The Bertz CT molecular complexity index is 623. The normalized spacial score (nSPS) is 12.2. The molecule has 1 aromatic heterocycles. The summed E-state index contributed by atoms with van der Waals surface area (Å²) >= 11 is 1.40. The molecule has 1 N–H and O–H groups in total. The van der Waals surface area contributed by atoms with E-state index < -0.39 is 0 Å². The quantitative estimate of drug-likeness (QED) is 0.879. The molecule has 2 aromatic rings. The number of thioether (sulfide) groups is 1. The van der Waals surface area contributed by atoms with Crippen molar-refractivity contribution in [2.24, 2.45) is 7.05 Å². The Balaban J connectivity index is 2.00. The van der Waals surface area contributed by atoms with Gasteiger partial charge in [-0.1, -0.05) is 23.9 Å². The Morgan fingerprint density at radius 3 is 2.70 bits per heavy atom. The number of carbonyl (C=O) groups excluding carboxylic acids is 1. The fourth-order valence-corrected chi connectivity index (χ4v) is 2.53. The van der Waals surface area contributed by atoms with Crippen LogP contribution in [0.5, 0.6) is 0 Å². The highest BCUT2D eigenvalue weighted by Crippen LogP contribution is 2.22. The summed E-state index contributed by atoms with van der Waals surface area (Å²) in [6.07, 6.45) is 0.